The lowest BCUT2D eigenvalue weighted by Crippen LogP contribution is -2.27. The second-order valence-corrected chi connectivity index (χ2v) is 6.17. The van der Waals surface area contributed by atoms with E-state index in [1.54, 1.807) is 10.3 Å². The fourth-order valence-electron chi connectivity index (χ4n) is 2.51. The smallest absolute Gasteiger partial charge is 0.323 e. The molecular weight excluding hydrogens is 328 g/mol. The topological polar surface area (TPSA) is 103 Å². The van der Waals surface area contributed by atoms with E-state index in [-0.39, 0.29) is 18.4 Å². The molecule has 0 spiro atoms. The number of aromatic amines is 1. The summed E-state index contributed by atoms with van der Waals surface area (Å²) in [5.41, 5.74) is 2.29. The number of carbonyl (C=O) groups is 2. The summed E-state index contributed by atoms with van der Waals surface area (Å²) in [5.74, 6) is 0.201. The van der Waals surface area contributed by atoms with Gasteiger partial charge in [0.2, 0.25) is 11.9 Å². The van der Waals surface area contributed by atoms with Crippen molar-refractivity contribution in [3.63, 3.8) is 0 Å². The molecule has 3 heterocycles. The molecule has 0 unspecified atom stereocenters. The Morgan fingerprint density at radius 1 is 1.33 bits per heavy atom. The molecule has 3 aromatic rings. The van der Waals surface area contributed by atoms with E-state index in [0.717, 1.165) is 11.0 Å². The zero-order valence-electron chi connectivity index (χ0n) is 12.6. The molecule has 3 N–H and O–H groups in total. The van der Waals surface area contributed by atoms with E-state index >= 15 is 0 Å². The van der Waals surface area contributed by atoms with Crippen LogP contribution in [0.1, 0.15) is 5.69 Å². The van der Waals surface area contributed by atoms with E-state index in [0.29, 0.717) is 29.9 Å². The summed E-state index contributed by atoms with van der Waals surface area (Å²) in [6, 6.07) is 7.40. The number of fused-ring (bicyclic) bond motifs is 1. The summed E-state index contributed by atoms with van der Waals surface area (Å²) in [5, 5.41) is 7.86. The minimum absolute atomic E-state index is 0.128. The molecule has 9 heteroatoms. The molecule has 0 saturated carbocycles. The van der Waals surface area contributed by atoms with Crippen molar-refractivity contribution in [2.75, 3.05) is 23.3 Å². The van der Waals surface area contributed by atoms with Crippen LogP contribution in [0.15, 0.2) is 29.6 Å². The van der Waals surface area contributed by atoms with Crippen molar-refractivity contribution in [1.29, 1.82) is 0 Å². The summed E-state index contributed by atoms with van der Waals surface area (Å²) in [6.45, 7) is 1.21. The van der Waals surface area contributed by atoms with Gasteiger partial charge < -0.3 is 10.3 Å². The number of amides is 3. The van der Waals surface area contributed by atoms with Gasteiger partial charge in [-0.25, -0.2) is 14.8 Å². The number of para-hydroxylation sites is 2. The molecule has 0 atom stereocenters. The Bertz CT molecular complexity index is 884. The number of hydrogen-bond donors (Lipinski definition) is 3. The third kappa shape index (κ3) is 2.81. The van der Waals surface area contributed by atoms with Crippen molar-refractivity contribution >= 4 is 45.4 Å². The number of nitrogens with zero attached hydrogens (tertiary/aromatic N) is 3. The van der Waals surface area contributed by atoms with Crippen molar-refractivity contribution in [3.8, 4) is 0 Å². The van der Waals surface area contributed by atoms with Gasteiger partial charge in [0.25, 0.3) is 0 Å². The third-order valence-corrected chi connectivity index (χ3v) is 4.53. The fourth-order valence-corrected chi connectivity index (χ4v) is 3.36. The number of anilines is 2. The van der Waals surface area contributed by atoms with Gasteiger partial charge in [0.1, 0.15) is 0 Å². The summed E-state index contributed by atoms with van der Waals surface area (Å²) in [4.78, 5) is 37.1. The maximum Gasteiger partial charge on any atom is 0.323 e. The standard InChI is InChI=1S/C15H14N6O2S/c22-12(20-13-18-10-3-1-2-4-11(10)19-13)7-9-8-24-15(17-9)21-6-5-16-14(21)23/h1-4,8H,5-7H2,(H,16,23)(H2,18,19,20,22). The van der Waals surface area contributed by atoms with E-state index in [4.69, 9.17) is 0 Å². The summed E-state index contributed by atoms with van der Waals surface area (Å²) in [6.07, 6.45) is 0.128. The number of hydrogen-bond acceptors (Lipinski definition) is 5. The molecule has 3 amide bonds. The van der Waals surface area contributed by atoms with Gasteiger partial charge in [0.05, 0.1) is 23.1 Å². The van der Waals surface area contributed by atoms with Crippen LogP contribution in [0, 0.1) is 0 Å². The number of H-pyrrole nitrogens is 1. The lowest BCUT2D eigenvalue weighted by Gasteiger charge is -2.08. The molecule has 1 fully saturated rings. The molecule has 1 aliphatic heterocycles. The first-order valence-corrected chi connectivity index (χ1v) is 8.31. The van der Waals surface area contributed by atoms with Crippen LogP contribution in [-0.4, -0.2) is 40.0 Å². The van der Waals surface area contributed by atoms with Gasteiger partial charge in [0, 0.05) is 18.5 Å². The molecule has 24 heavy (non-hydrogen) atoms. The minimum atomic E-state index is -0.211. The molecule has 1 saturated heterocycles. The molecule has 122 valence electrons. The lowest BCUT2D eigenvalue weighted by atomic mass is 10.3. The van der Waals surface area contributed by atoms with Crippen molar-refractivity contribution in [1.82, 2.24) is 20.3 Å². The molecular formula is C15H14N6O2S. The largest absolute Gasteiger partial charge is 0.336 e. The van der Waals surface area contributed by atoms with E-state index in [1.165, 1.54) is 11.3 Å². The number of urea groups is 1. The number of nitrogens with one attached hydrogen (secondary N) is 3. The number of benzene rings is 1. The maximum atomic E-state index is 12.2. The molecule has 2 aromatic heterocycles. The van der Waals surface area contributed by atoms with Crippen LogP contribution >= 0.6 is 11.3 Å². The van der Waals surface area contributed by atoms with Gasteiger partial charge >= 0.3 is 6.03 Å². The quantitative estimate of drug-likeness (QED) is 0.672. The average molecular weight is 342 g/mol. The Balaban J connectivity index is 1.42. The molecule has 1 aliphatic rings. The van der Waals surface area contributed by atoms with E-state index in [1.807, 2.05) is 24.3 Å². The molecule has 0 bridgehead atoms. The second kappa shape index (κ2) is 5.93. The number of imidazole rings is 1. The van der Waals surface area contributed by atoms with Crippen LogP contribution in [0.25, 0.3) is 11.0 Å². The third-order valence-electron chi connectivity index (χ3n) is 3.62. The second-order valence-electron chi connectivity index (χ2n) is 5.33. The molecule has 4 rings (SSSR count). The van der Waals surface area contributed by atoms with E-state index in [9.17, 15) is 9.59 Å². The fraction of sp³-hybridized carbons (Fsp3) is 0.200. The van der Waals surface area contributed by atoms with Gasteiger partial charge in [0.15, 0.2) is 5.13 Å². The van der Waals surface area contributed by atoms with Gasteiger partial charge in [-0.15, -0.1) is 11.3 Å². The van der Waals surface area contributed by atoms with Crippen LogP contribution in [0.5, 0.6) is 0 Å². The highest BCUT2D eigenvalue weighted by Gasteiger charge is 2.24. The number of rotatable bonds is 4. The molecule has 0 radical (unpaired) electrons. The van der Waals surface area contributed by atoms with Gasteiger partial charge in [-0.3, -0.25) is 15.0 Å². The lowest BCUT2D eigenvalue weighted by molar-refractivity contribution is -0.115. The zero-order chi connectivity index (χ0) is 16.5. The van der Waals surface area contributed by atoms with Crippen LogP contribution < -0.4 is 15.5 Å². The summed E-state index contributed by atoms with van der Waals surface area (Å²) in [7, 11) is 0. The van der Waals surface area contributed by atoms with Gasteiger partial charge in [-0.05, 0) is 12.1 Å². The highest BCUT2D eigenvalue weighted by Crippen LogP contribution is 2.22. The maximum absolute atomic E-state index is 12.2. The zero-order valence-corrected chi connectivity index (χ0v) is 13.4. The molecule has 0 aliphatic carbocycles. The monoisotopic (exact) mass is 342 g/mol. The SMILES string of the molecule is O=C(Cc1csc(N2CCNC2=O)n1)Nc1nc2ccccc2[nH]1. The van der Waals surface area contributed by atoms with E-state index < -0.39 is 0 Å². The highest BCUT2D eigenvalue weighted by atomic mass is 32.1. The minimum Gasteiger partial charge on any atom is -0.336 e. The number of carbonyl (C=O) groups excluding carboxylic acids is 2. The van der Waals surface area contributed by atoms with Gasteiger partial charge in [-0.1, -0.05) is 12.1 Å². The predicted octanol–water partition coefficient (Wildman–Crippen LogP) is 1.73. The van der Waals surface area contributed by atoms with Crippen molar-refractivity contribution in [3.05, 3.63) is 35.3 Å². The van der Waals surface area contributed by atoms with Crippen LogP contribution in [0.2, 0.25) is 0 Å². The Morgan fingerprint density at radius 3 is 3.00 bits per heavy atom. The average Bonchev–Trinajstić information content (AvgIpc) is 3.26. The first-order valence-electron chi connectivity index (χ1n) is 7.43. The number of thiazole rings is 1. The molecule has 8 nitrogen and oxygen atoms in total. The van der Waals surface area contributed by atoms with Gasteiger partial charge in [-0.2, -0.15) is 0 Å². The van der Waals surface area contributed by atoms with Crippen LogP contribution in [0.3, 0.4) is 0 Å². The Hall–Kier alpha value is -2.94. The first-order chi connectivity index (χ1) is 11.7. The summed E-state index contributed by atoms with van der Waals surface area (Å²) >= 11 is 1.35. The van der Waals surface area contributed by atoms with Crippen LogP contribution in [0.4, 0.5) is 15.9 Å². The molecule has 1 aromatic carbocycles. The predicted molar refractivity (Wildman–Crippen MR) is 91.3 cm³/mol. The van der Waals surface area contributed by atoms with Crippen molar-refractivity contribution < 1.29 is 9.59 Å². The Kier molecular flexibility index (Phi) is 3.62. The normalized spacial score (nSPS) is 14.2. The van der Waals surface area contributed by atoms with E-state index in [2.05, 4.69) is 25.6 Å². The Labute approximate surface area is 140 Å². The summed E-state index contributed by atoms with van der Waals surface area (Å²) < 4.78 is 0. The van der Waals surface area contributed by atoms with Crippen molar-refractivity contribution in [2.24, 2.45) is 0 Å². The number of aromatic nitrogens is 3. The highest BCUT2D eigenvalue weighted by molar-refractivity contribution is 7.14. The van der Waals surface area contributed by atoms with Crippen LogP contribution in [-0.2, 0) is 11.2 Å². The van der Waals surface area contributed by atoms with Crippen molar-refractivity contribution in [2.45, 2.75) is 6.42 Å². The Morgan fingerprint density at radius 2 is 2.21 bits per heavy atom. The first kappa shape index (κ1) is 14.6.